The number of hydrogen-bond acceptors (Lipinski definition) is 5. The standard InChI is InChI=1S/C31H43BrO5/c1-27(2,3)22-16-31(11,17-23(24(22)33)28(4,5)6)29(7,8)25(34)36-18-20-12-14-21(15-13-20)19-37-26(35)30(9,10)32/h12-17H,18-19H2,1-11H3. The van der Waals surface area contributed by atoms with Gasteiger partial charge < -0.3 is 9.47 Å². The molecule has 0 spiro atoms. The van der Waals surface area contributed by atoms with E-state index in [0.717, 1.165) is 22.3 Å². The average molecular weight is 576 g/mol. The fourth-order valence-electron chi connectivity index (χ4n) is 3.99. The van der Waals surface area contributed by atoms with E-state index in [4.69, 9.17) is 9.47 Å². The normalized spacial score (nSPS) is 16.6. The smallest absolute Gasteiger partial charge is 0.322 e. The summed E-state index contributed by atoms with van der Waals surface area (Å²) >= 11 is 3.29. The monoisotopic (exact) mass is 574 g/mol. The first-order valence-electron chi connectivity index (χ1n) is 12.7. The molecule has 0 fully saturated rings. The quantitative estimate of drug-likeness (QED) is 0.249. The van der Waals surface area contributed by atoms with Gasteiger partial charge in [-0.1, -0.05) is 101 Å². The maximum Gasteiger partial charge on any atom is 0.322 e. The molecule has 6 heteroatoms. The second kappa shape index (κ2) is 10.5. The summed E-state index contributed by atoms with van der Waals surface area (Å²) in [5, 5.41) is 0. The molecule has 0 N–H and O–H groups in total. The number of rotatable bonds is 7. The van der Waals surface area contributed by atoms with Gasteiger partial charge in [0.2, 0.25) is 0 Å². The summed E-state index contributed by atoms with van der Waals surface area (Å²) in [7, 11) is 0. The minimum atomic E-state index is -0.919. The zero-order valence-corrected chi connectivity index (χ0v) is 25.9. The molecule has 0 saturated carbocycles. The largest absolute Gasteiger partial charge is 0.460 e. The fourth-order valence-corrected chi connectivity index (χ4v) is 4.11. The molecule has 37 heavy (non-hydrogen) atoms. The molecule has 5 nitrogen and oxygen atoms in total. The summed E-state index contributed by atoms with van der Waals surface area (Å²) < 4.78 is 10.4. The molecule has 0 unspecified atom stereocenters. The van der Waals surface area contributed by atoms with Gasteiger partial charge in [-0.25, -0.2) is 0 Å². The van der Waals surface area contributed by atoms with Crippen LogP contribution in [0, 0.1) is 21.7 Å². The van der Waals surface area contributed by atoms with E-state index >= 15 is 0 Å². The molecule has 0 atom stereocenters. The number of ether oxygens (including phenoxy) is 2. The SMILES string of the molecule is CC(C)(C)C1=CC(C)(C(C)(C)C(=O)OCc2ccc(COC(=O)C(C)(C)Br)cc2)C=C(C(C)(C)C)C1=O. The number of halogens is 1. The molecular formula is C31H43BrO5. The van der Waals surface area contributed by atoms with Crippen LogP contribution in [0.4, 0.5) is 0 Å². The predicted octanol–water partition coefficient (Wildman–Crippen LogP) is 7.51. The van der Waals surface area contributed by atoms with Crippen LogP contribution < -0.4 is 0 Å². The van der Waals surface area contributed by atoms with E-state index in [2.05, 4.69) is 15.9 Å². The lowest BCUT2D eigenvalue weighted by atomic mass is 9.58. The molecule has 1 aliphatic rings. The molecule has 2 rings (SSSR count). The van der Waals surface area contributed by atoms with Crippen molar-refractivity contribution >= 4 is 33.7 Å². The predicted molar refractivity (Wildman–Crippen MR) is 151 cm³/mol. The number of hydrogen-bond donors (Lipinski definition) is 0. The highest BCUT2D eigenvalue weighted by Gasteiger charge is 2.50. The minimum absolute atomic E-state index is 0.0482. The van der Waals surface area contributed by atoms with Crippen molar-refractivity contribution in [3.63, 3.8) is 0 Å². The highest BCUT2D eigenvalue weighted by Crippen LogP contribution is 2.51. The van der Waals surface area contributed by atoms with Gasteiger partial charge >= 0.3 is 11.9 Å². The van der Waals surface area contributed by atoms with E-state index in [1.807, 2.05) is 98.7 Å². The fraction of sp³-hybridized carbons (Fsp3) is 0.581. The Labute approximate surface area is 231 Å². The summed E-state index contributed by atoms with van der Waals surface area (Å²) in [5.41, 5.74) is 0.788. The average Bonchev–Trinajstić information content (AvgIpc) is 2.75. The maximum atomic E-state index is 13.4. The summed E-state index contributed by atoms with van der Waals surface area (Å²) in [6.07, 6.45) is 3.94. The van der Waals surface area contributed by atoms with Crippen molar-refractivity contribution in [1.82, 2.24) is 0 Å². The Morgan fingerprint density at radius 2 is 1.08 bits per heavy atom. The Morgan fingerprint density at radius 1 is 0.730 bits per heavy atom. The third-order valence-electron chi connectivity index (χ3n) is 7.10. The van der Waals surface area contributed by atoms with Crippen molar-refractivity contribution in [3.8, 4) is 0 Å². The van der Waals surface area contributed by atoms with Crippen LogP contribution in [-0.4, -0.2) is 22.0 Å². The van der Waals surface area contributed by atoms with Gasteiger partial charge in [-0.3, -0.25) is 14.4 Å². The first kappa shape index (κ1) is 31.0. The first-order valence-corrected chi connectivity index (χ1v) is 13.5. The minimum Gasteiger partial charge on any atom is -0.460 e. The Hall–Kier alpha value is -2.21. The molecule has 1 aromatic carbocycles. The number of carbonyl (C=O) groups excluding carboxylic acids is 3. The third kappa shape index (κ3) is 7.22. The van der Waals surface area contributed by atoms with Gasteiger partial charge in [0.15, 0.2) is 5.78 Å². The number of carbonyl (C=O) groups is 3. The van der Waals surface area contributed by atoms with Gasteiger partial charge in [0.1, 0.15) is 17.5 Å². The Bertz CT molecular complexity index is 1070. The number of esters is 2. The van der Waals surface area contributed by atoms with Gasteiger partial charge in [-0.05, 0) is 49.7 Å². The molecule has 0 aliphatic heterocycles. The third-order valence-corrected chi connectivity index (χ3v) is 7.42. The van der Waals surface area contributed by atoms with Gasteiger partial charge in [0.25, 0.3) is 0 Å². The molecule has 0 radical (unpaired) electrons. The molecule has 1 aliphatic carbocycles. The van der Waals surface area contributed by atoms with E-state index in [9.17, 15) is 14.4 Å². The van der Waals surface area contributed by atoms with Gasteiger partial charge in [-0.15, -0.1) is 0 Å². The topological polar surface area (TPSA) is 69.7 Å². The van der Waals surface area contributed by atoms with Crippen LogP contribution >= 0.6 is 15.9 Å². The molecule has 0 bridgehead atoms. The van der Waals surface area contributed by atoms with Crippen LogP contribution in [0.3, 0.4) is 0 Å². The number of alkyl halides is 1. The number of benzene rings is 1. The van der Waals surface area contributed by atoms with Gasteiger partial charge in [0.05, 0.1) is 5.41 Å². The molecule has 0 aromatic heterocycles. The molecule has 204 valence electrons. The van der Waals surface area contributed by atoms with Crippen LogP contribution in [0.15, 0.2) is 47.6 Å². The number of allylic oxidation sites excluding steroid dienone is 4. The van der Waals surface area contributed by atoms with E-state index in [0.29, 0.717) is 0 Å². The van der Waals surface area contributed by atoms with E-state index in [1.54, 1.807) is 13.8 Å². The van der Waals surface area contributed by atoms with Crippen LogP contribution in [0.25, 0.3) is 0 Å². The van der Waals surface area contributed by atoms with Crippen molar-refractivity contribution in [2.45, 2.75) is 93.7 Å². The lowest BCUT2D eigenvalue weighted by Crippen LogP contribution is -2.44. The molecule has 0 amide bonds. The lowest BCUT2D eigenvalue weighted by Gasteiger charge is -2.44. The summed E-state index contributed by atoms with van der Waals surface area (Å²) in [5.74, 6) is -0.624. The number of Topliss-reactive ketones (excluding diaryl/α,β-unsaturated/α-hetero) is 1. The zero-order valence-electron chi connectivity index (χ0n) is 24.3. The highest BCUT2D eigenvalue weighted by atomic mass is 79.9. The van der Waals surface area contributed by atoms with Gasteiger partial charge in [0, 0.05) is 16.6 Å². The van der Waals surface area contributed by atoms with Crippen LogP contribution in [0.1, 0.15) is 87.3 Å². The molecule has 0 heterocycles. The van der Waals surface area contributed by atoms with E-state index in [-0.39, 0.29) is 41.8 Å². The van der Waals surface area contributed by atoms with Crippen molar-refractivity contribution in [2.75, 3.05) is 0 Å². The highest BCUT2D eigenvalue weighted by molar-refractivity contribution is 9.10. The molecular weight excluding hydrogens is 532 g/mol. The van der Waals surface area contributed by atoms with E-state index < -0.39 is 15.2 Å². The van der Waals surface area contributed by atoms with E-state index in [1.165, 1.54) is 0 Å². The van der Waals surface area contributed by atoms with Crippen LogP contribution in [0.2, 0.25) is 0 Å². The molecule has 1 aromatic rings. The Balaban J connectivity index is 2.21. The second-order valence-corrected chi connectivity index (χ2v) is 15.3. The second-order valence-electron chi connectivity index (χ2n) is 13.3. The van der Waals surface area contributed by atoms with Crippen LogP contribution in [0.5, 0.6) is 0 Å². The lowest BCUT2D eigenvalue weighted by molar-refractivity contribution is -0.159. The summed E-state index contributed by atoms with van der Waals surface area (Å²) in [6, 6.07) is 7.43. The van der Waals surface area contributed by atoms with Crippen molar-refractivity contribution in [3.05, 3.63) is 58.7 Å². The summed E-state index contributed by atoms with van der Waals surface area (Å²) in [6.45, 7) is 21.7. The van der Waals surface area contributed by atoms with Crippen molar-refractivity contribution in [1.29, 1.82) is 0 Å². The van der Waals surface area contributed by atoms with Crippen LogP contribution in [-0.2, 0) is 37.1 Å². The Morgan fingerprint density at radius 3 is 1.41 bits per heavy atom. The van der Waals surface area contributed by atoms with Crippen molar-refractivity contribution < 1.29 is 23.9 Å². The van der Waals surface area contributed by atoms with Gasteiger partial charge in [-0.2, -0.15) is 0 Å². The number of ketones is 1. The first-order chi connectivity index (χ1) is 16.6. The van der Waals surface area contributed by atoms with Crippen molar-refractivity contribution in [2.24, 2.45) is 21.7 Å². The zero-order chi connectivity index (χ0) is 28.6. The summed E-state index contributed by atoms with van der Waals surface area (Å²) in [4.78, 5) is 38.8. The molecule has 0 saturated heterocycles. The maximum absolute atomic E-state index is 13.4. The Kier molecular flexibility index (Phi) is 8.81.